The number of carbonyl (C=O) groups excluding carboxylic acids is 2. The fourth-order valence-corrected chi connectivity index (χ4v) is 5.60. The number of nitrogens with zero attached hydrogens (tertiary/aromatic N) is 4. The third-order valence-corrected chi connectivity index (χ3v) is 7.39. The van der Waals surface area contributed by atoms with Crippen LogP contribution in [0.2, 0.25) is 0 Å². The second-order valence-electron chi connectivity index (χ2n) is 10.1. The number of para-hydroxylation sites is 1. The van der Waals surface area contributed by atoms with E-state index in [1.165, 1.54) is 5.56 Å². The molecule has 1 aromatic carbocycles. The number of nitrogens with one attached hydrogen (secondary N) is 2. The van der Waals surface area contributed by atoms with Gasteiger partial charge in [0.25, 0.3) is 5.91 Å². The summed E-state index contributed by atoms with van der Waals surface area (Å²) in [7, 11) is 1.82. The molecule has 192 valence electrons. The van der Waals surface area contributed by atoms with Crippen molar-refractivity contribution in [1.82, 2.24) is 14.8 Å². The lowest BCUT2D eigenvalue weighted by Gasteiger charge is -2.38. The van der Waals surface area contributed by atoms with E-state index < -0.39 is 0 Å². The third kappa shape index (κ3) is 5.11. The SMILES string of the molecule is CNc1cc(C(=O)N2C[C@@H](C)O[C@@H](C)C2)cc(N2CCC(N3CCc4ccccc4NC3=O)CC2)n1. The predicted molar refractivity (Wildman–Crippen MR) is 141 cm³/mol. The first-order valence-corrected chi connectivity index (χ1v) is 13.0. The number of amides is 3. The van der Waals surface area contributed by atoms with Gasteiger partial charge in [0.05, 0.1) is 12.2 Å². The van der Waals surface area contributed by atoms with Gasteiger partial charge in [0.2, 0.25) is 0 Å². The van der Waals surface area contributed by atoms with Gasteiger partial charge in [-0.2, -0.15) is 0 Å². The molecule has 9 heteroatoms. The van der Waals surface area contributed by atoms with Crippen LogP contribution in [0.3, 0.4) is 0 Å². The standard InChI is InChI=1S/C27H36N6O3/c1-18-16-32(17-19(2)36-18)26(34)21-14-24(28-3)30-25(15-21)31-11-9-22(10-12-31)33-13-8-20-6-4-5-7-23(20)29-27(33)35/h4-7,14-15,18-19,22H,8-13,16-17H2,1-3H3,(H,28,30)(H,29,35)/t18-,19+. The Balaban J connectivity index is 1.27. The molecule has 2 N–H and O–H groups in total. The zero-order chi connectivity index (χ0) is 25.2. The van der Waals surface area contributed by atoms with Gasteiger partial charge < -0.3 is 30.1 Å². The summed E-state index contributed by atoms with van der Waals surface area (Å²) in [6.45, 7) is 7.45. The lowest BCUT2D eigenvalue weighted by molar-refractivity contribution is -0.0586. The summed E-state index contributed by atoms with van der Waals surface area (Å²) in [4.78, 5) is 37.2. The van der Waals surface area contributed by atoms with Crippen LogP contribution in [-0.2, 0) is 11.2 Å². The molecule has 0 radical (unpaired) electrons. The van der Waals surface area contributed by atoms with Gasteiger partial charge in [0.15, 0.2) is 0 Å². The van der Waals surface area contributed by atoms with Crippen molar-refractivity contribution in [2.24, 2.45) is 0 Å². The van der Waals surface area contributed by atoms with E-state index in [1.54, 1.807) is 0 Å². The maximum absolute atomic E-state index is 13.4. The van der Waals surface area contributed by atoms with Gasteiger partial charge in [-0.25, -0.2) is 9.78 Å². The Labute approximate surface area is 212 Å². The van der Waals surface area contributed by atoms with E-state index in [0.29, 0.717) is 24.5 Å². The number of rotatable bonds is 4. The number of hydrogen-bond acceptors (Lipinski definition) is 6. The first-order valence-electron chi connectivity index (χ1n) is 13.0. The van der Waals surface area contributed by atoms with Crippen LogP contribution in [0.1, 0.15) is 42.6 Å². The highest BCUT2D eigenvalue weighted by Gasteiger charge is 2.31. The third-order valence-electron chi connectivity index (χ3n) is 7.39. The first kappa shape index (κ1) is 24.4. The molecule has 2 aromatic rings. The van der Waals surface area contributed by atoms with Crippen LogP contribution in [0.25, 0.3) is 0 Å². The number of carbonyl (C=O) groups is 2. The monoisotopic (exact) mass is 492 g/mol. The van der Waals surface area contributed by atoms with Gasteiger partial charge in [0.1, 0.15) is 11.6 Å². The van der Waals surface area contributed by atoms with E-state index in [4.69, 9.17) is 9.72 Å². The summed E-state index contributed by atoms with van der Waals surface area (Å²) >= 11 is 0. The van der Waals surface area contributed by atoms with Crippen LogP contribution in [0, 0.1) is 0 Å². The van der Waals surface area contributed by atoms with Crippen molar-refractivity contribution in [3.63, 3.8) is 0 Å². The van der Waals surface area contributed by atoms with Crippen LogP contribution < -0.4 is 15.5 Å². The van der Waals surface area contributed by atoms with Crippen molar-refractivity contribution in [3.8, 4) is 0 Å². The summed E-state index contributed by atoms with van der Waals surface area (Å²) < 4.78 is 5.80. The number of ether oxygens (including phenoxy) is 1. The normalized spacial score (nSPS) is 23.1. The molecule has 0 spiro atoms. The van der Waals surface area contributed by atoms with E-state index in [0.717, 1.165) is 50.4 Å². The summed E-state index contributed by atoms with van der Waals surface area (Å²) in [5, 5.41) is 6.20. The second kappa shape index (κ2) is 10.3. The molecule has 5 rings (SSSR count). The number of piperidine rings is 1. The number of urea groups is 1. The van der Waals surface area contributed by atoms with E-state index >= 15 is 0 Å². The molecular weight excluding hydrogens is 456 g/mol. The Hall–Kier alpha value is -3.33. The summed E-state index contributed by atoms with van der Waals surface area (Å²) in [6, 6.07) is 11.9. The Bertz CT molecular complexity index is 1110. The van der Waals surface area contributed by atoms with Crippen LogP contribution >= 0.6 is 0 Å². The zero-order valence-corrected chi connectivity index (χ0v) is 21.4. The number of aromatic nitrogens is 1. The van der Waals surface area contributed by atoms with Gasteiger partial charge in [-0.15, -0.1) is 0 Å². The van der Waals surface area contributed by atoms with Gasteiger partial charge in [0, 0.05) is 57.1 Å². The molecule has 0 unspecified atom stereocenters. The molecule has 36 heavy (non-hydrogen) atoms. The van der Waals surface area contributed by atoms with Gasteiger partial charge in [-0.1, -0.05) is 18.2 Å². The second-order valence-corrected chi connectivity index (χ2v) is 10.1. The highest BCUT2D eigenvalue weighted by Crippen LogP contribution is 2.28. The number of morpholine rings is 1. The van der Waals surface area contributed by atoms with Crippen molar-refractivity contribution in [3.05, 3.63) is 47.5 Å². The van der Waals surface area contributed by atoms with Crippen LogP contribution in [0.4, 0.5) is 22.1 Å². The summed E-state index contributed by atoms with van der Waals surface area (Å²) in [6.07, 6.45) is 2.61. The largest absolute Gasteiger partial charge is 0.373 e. The average molecular weight is 493 g/mol. The predicted octanol–water partition coefficient (Wildman–Crippen LogP) is 3.43. The topological polar surface area (TPSA) is 90.0 Å². The number of hydrogen-bond donors (Lipinski definition) is 2. The molecule has 1 aromatic heterocycles. The van der Waals surface area contributed by atoms with E-state index in [2.05, 4.69) is 21.6 Å². The molecule has 2 atom stereocenters. The highest BCUT2D eigenvalue weighted by atomic mass is 16.5. The van der Waals surface area contributed by atoms with Gasteiger partial charge in [-0.05, 0) is 56.9 Å². The smallest absolute Gasteiger partial charge is 0.322 e. The number of anilines is 3. The Morgan fingerprint density at radius 1 is 1.08 bits per heavy atom. The maximum Gasteiger partial charge on any atom is 0.322 e. The molecule has 9 nitrogen and oxygen atoms in total. The molecule has 0 aliphatic carbocycles. The average Bonchev–Trinajstić information content (AvgIpc) is 3.05. The maximum atomic E-state index is 13.4. The van der Waals surface area contributed by atoms with Crippen LogP contribution in [-0.4, -0.2) is 84.7 Å². The summed E-state index contributed by atoms with van der Waals surface area (Å²) in [5.41, 5.74) is 2.73. The molecule has 3 amide bonds. The Morgan fingerprint density at radius 3 is 2.53 bits per heavy atom. The van der Waals surface area contributed by atoms with Crippen LogP contribution in [0.15, 0.2) is 36.4 Å². The minimum absolute atomic E-state index is 0.00726. The number of pyridine rings is 1. The van der Waals surface area contributed by atoms with Crippen molar-refractivity contribution in [2.45, 2.75) is 51.4 Å². The fourth-order valence-electron chi connectivity index (χ4n) is 5.60. The first-order chi connectivity index (χ1) is 17.4. The lowest BCUT2D eigenvalue weighted by Crippen LogP contribution is -2.49. The number of benzene rings is 1. The molecule has 3 aliphatic heterocycles. The Morgan fingerprint density at radius 2 is 1.81 bits per heavy atom. The van der Waals surface area contributed by atoms with Crippen molar-refractivity contribution in [1.29, 1.82) is 0 Å². The highest BCUT2D eigenvalue weighted by molar-refractivity contribution is 5.96. The van der Waals surface area contributed by atoms with E-state index in [-0.39, 0.29) is 30.2 Å². The van der Waals surface area contributed by atoms with Crippen LogP contribution in [0.5, 0.6) is 0 Å². The van der Waals surface area contributed by atoms with Crippen molar-refractivity contribution < 1.29 is 14.3 Å². The van der Waals surface area contributed by atoms with Crippen molar-refractivity contribution in [2.75, 3.05) is 55.3 Å². The minimum Gasteiger partial charge on any atom is -0.373 e. The zero-order valence-electron chi connectivity index (χ0n) is 21.4. The van der Waals surface area contributed by atoms with Gasteiger partial charge in [-0.3, -0.25) is 4.79 Å². The molecule has 0 saturated carbocycles. The molecular formula is C27H36N6O3. The molecule has 4 heterocycles. The van der Waals surface area contributed by atoms with E-state index in [1.807, 2.05) is 61.0 Å². The van der Waals surface area contributed by atoms with E-state index in [9.17, 15) is 9.59 Å². The quantitative estimate of drug-likeness (QED) is 0.680. The lowest BCUT2D eigenvalue weighted by atomic mass is 10.0. The molecule has 0 bridgehead atoms. The minimum atomic E-state index is -0.0180. The summed E-state index contributed by atoms with van der Waals surface area (Å²) in [5.74, 6) is 1.48. The number of fused-ring (bicyclic) bond motifs is 1. The van der Waals surface area contributed by atoms with Gasteiger partial charge >= 0.3 is 6.03 Å². The Kier molecular flexibility index (Phi) is 7.00. The molecule has 3 aliphatic rings. The van der Waals surface area contributed by atoms with Crippen molar-refractivity contribution >= 4 is 29.3 Å². The fraction of sp³-hybridized carbons (Fsp3) is 0.519. The molecule has 2 saturated heterocycles. The molecule has 2 fully saturated rings.